The van der Waals surface area contributed by atoms with Crippen LogP contribution in [0.3, 0.4) is 0 Å². The number of benzene rings is 2. The van der Waals surface area contributed by atoms with Gasteiger partial charge >= 0.3 is 0 Å². The zero-order chi connectivity index (χ0) is 22.7. The monoisotopic (exact) mass is 471 g/mol. The standard InChI is InChI=1S/C22H25N5O3S2/c1-16(21(28)23-2)31-22-25-24-20(27(22)18-10-4-3-5-11-18)17-9-8-12-19(15-17)32(29,30)26-13-6-7-14-26/h3-5,8-12,15-16H,6-7,13-14H2,1-2H3,(H,23,28). The predicted octanol–water partition coefficient (Wildman–Crippen LogP) is 2.95. The first-order valence-electron chi connectivity index (χ1n) is 10.4. The van der Waals surface area contributed by atoms with Gasteiger partial charge < -0.3 is 5.32 Å². The highest BCUT2D eigenvalue weighted by molar-refractivity contribution is 8.00. The Bertz CT molecular complexity index is 1210. The van der Waals surface area contributed by atoms with E-state index >= 15 is 0 Å². The molecular weight excluding hydrogens is 446 g/mol. The van der Waals surface area contributed by atoms with E-state index < -0.39 is 10.0 Å². The summed E-state index contributed by atoms with van der Waals surface area (Å²) in [6, 6.07) is 16.4. The van der Waals surface area contributed by atoms with E-state index in [1.165, 1.54) is 16.1 Å². The fourth-order valence-corrected chi connectivity index (χ4v) is 6.12. The van der Waals surface area contributed by atoms with E-state index in [2.05, 4.69) is 15.5 Å². The molecule has 10 heteroatoms. The molecule has 1 aliphatic rings. The molecule has 1 saturated heterocycles. The average Bonchev–Trinajstić information content (AvgIpc) is 3.50. The maximum atomic E-state index is 13.1. The first kappa shape index (κ1) is 22.5. The molecule has 1 unspecified atom stereocenters. The lowest BCUT2D eigenvalue weighted by atomic mass is 10.2. The summed E-state index contributed by atoms with van der Waals surface area (Å²) < 4.78 is 29.5. The third kappa shape index (κ3) is 4.43. The maximum absolute atomic E-state index is 13.1. The topological polar surface area (TPSA) is 97.2 Å². The van der Waals surface area contributed by atoms with Crippen molar-refractivity contribution in [2.75, 3.05) is 20.1 Å². The van der Waals surface area contributed by atoms with Gasteiger partial charge in [-0.1, -0.05) is 42.1 Å². The van der Waals surface area contributed by atoms with Crippen molar-refractivity contribution in [2.24, 2.45) is 0 Å². The molecule has 1 fully saturated rings. The molecule has 0 radical (unpaired) electrons. The lowest BCUT2D eigenvalue weighted by molar-refractivity contribution is -0.119. The van der Waals surface area contributed by atoms with Gasteiger partial charge in [-0.3, -0.25) is 9.36 Å². The Morgan fingerprint density at radius 3 is 2.47 bits per heavy atom. The van der Waals surface area contributed by atoms with Gasteiger partial charge in [-0.05, 0) is 44.0 Å². The molecular formula is C22H25N5O3S2. The molecule has 0 aliphatic carbocycles. The van der Waals surface area contributed by atoms with E-state index in [9.17, 15) is 13.2 Å². The number of carbonyl (C=O) groups is 1. The van der Waals surface area contributed by atoms with E-state index in [0.29, 0.717) is 29.6 Å². The summed E-state index contributed by atoms with van der Waals surface area (Å²) in [5, 5.41) is 11.5. The van der Waals surface area contributed by atoms with E-state index in [4.69, 9.17) is 0 Å². The molecule has 1 N–H and O–H groups in total. The second-order valence-corrected chi connectivity index (χ2v) is 10.7. The molecule has 168 valence electrons. The number of nitrogens with zero attached hydrogens (tertiary/aromatic N) is 4. The number of aromatic nitrogens is 3. The van der Waals surface area contributed by atoms with Crippen LogP contribution in [0.15, 0.2) is 64.6 Å². The molecule has 0 spiro atoms. The zero-order valence-corrected chi connectivity index (χ0v) is 19.6. The highest BCUT2D eigenvalue weighted by Crippen LogP contribution is 2.31. The summed E-state index contributed by atoms with van der Waals surface area (Å²) in [6.45, 7) is 2.90. The summed E-state index contributed by atoms with van der Waals surface area (Å²) in [7, 11) is -1.96. The van der Waals surface area contributed by atoms with Gasteiger partial charge in [0, 0.05) is 31.4 Å². The van der Waals surface area contributed by atoms with Crippen LogP contribution in [0.1, 0.15) is 19.8 Å². The van der Waals surface area contributed by atoms with Crippen LogP contribution in [0.25, 0.3) is 17.1 Å². The number of hydrogen-bond acceptors (Lipinski definition) is 6. The lowest BCUT2D eigenvalue weighted by Crippen LogP contribution is -2.27. The van der Waals surface area contributed by atoms with E-state index in [1.807, 2.05) is 41.0 Å². The summed E-state index contributed by atoms with van der Waals surface area (Å²) in [5.41, 5.74) is 1.47. The Morgan fingerprint density at radius 1 is 1.06 bits per heavy atom. The Morgan fingerprint density at radius 2 is 1.78 bits per heavy atom. The predicted molar refractivity (Wildman–Crippen MR) is 124 cm³/mol. The Hall–Kier alpha value is -2.69. The molecule has 1 aromatic heterocycles. The molecule has 1 amide bonds. The van der Waals surface area contributed by atoms with E-state index in [-0.39, 0.29) is 16.1 Å². The molecule has 8 nitrogen and oxygen atoms in total. The van der Waals surface area contributed by atoms with Crippen molar-refractivity contribution in [3.63, 3.8) is 0 Å². The molecule has 2 aromatic carbocycles. The maximum Gasteiger partial charge on any atom is 0.243 e. The van der Waals surface area contributed by atoms with Gasteiger partial charge in [-0.2, -0.15) is 4.31 Å². The van der Waals surface area contributed by atoms with Crippen LogP contribution in [0.5, 0.6) is 0 Å². The van der Waals surface area contributed by atoms with Crippen LogP contribution in [0.2, 0.25) is 0 Å². The Labute approximate surface area is 192 Å². The number of hydrogen-bond donors (Lipinski definition) is 1. The largest absolute Gasteiger partial charge is 0.358 e. The van der Waals surface area contributed by atoms with Crippen molar-refractivity contribution >= 4 is 27.7 Å². The lowest BCUT2D eigenvalue weighted by Gasteiger charge is -2.16. The van der Waals surface area contributed by atoms with Gasteiger partial charge in [0.15, 0.2) is 11.0 Å². The average molecular weight is 472 g/mol. The van der Waals surface area contributed by atoms with Gasteiger partial charge in [0.05, 0.1) is 10.1 Å². The van der Waals surface area contributed by atoms with E-state index in [0.717, 1.165) is 18.5 Å². The van der Waals surface area contributed by atoms with Gasteiger partial charge in [-0.25, -0.2) is 8.42 Å². The third-order valence-electron chi connectivity index (χ3n) is 5.34. The van der Waals surface area contributed by atoms with Gasteiger partial charge in [0.1, 0.15) is 0 Å². The molecule has 32 heavy (non-hydrogen) atoms. The SMILES string of the molecule is CNC(=O)C(C)Sc1nnc(-c2cccc(S(=O)(=O)N3CCCC3)c2)n1-c1ccccc1. The normalized spacial score (nSPS) is 15.6. The minimum absolute atomic E-state index is 0.113. The number of sulfonamides is 1. The minimum atomic E-state index is -3.56. The van der Waals surface area contributed by atoms with Gasteiger partial charge in [0.2, 0.25) is 15.9 Å². The van der Waals surface area contributed by atoms with Gasteiger partial charge in [-0.15, -0.1) is 10.2 Å². The fraction of sp³-hybridized carbons (Fsp3) is 0.318. The minimum Gasteiger partial charge on any atom is -0.358 e. The van der Waals surface area contributed by atoms with Gasteiger partial charge in [0.25, 0.3) is 0 Å². The molecule has 4 rings (SSSR count). The van der Waals surface area contributed by atoms with Crippen molar-refractivity contribution in [2.45, 2.75) is 35.1 Å². The Kier molecular flexibility index (Phi) is 6.63. The molecule has 0 bridgehead atoms. The van der Waals surface area contributed by atoms with Crippen LogP contribution in [0, 0.1) is 0 Å². The summed E-state index contributed by atoms with van der Waals surface area (Å²) in [6.07, 6.45) is 1.76. The molecule has 1 atom stereocenters. The Balaban J connectivity index is 1.78. The van der Waals surface area contributed by atoms with Crippen LogP contribution < -0.4 is 5.32 Å². The second-order valence-electron chi connectivity index (χ2n) is 7.49. The van der Waals surface area contributed by atoms with Crippen LogP contribution in [0.4, 0.5) is 0 Å². The van der Waals surface area contributed by atoms with Crippen LogP contribution >= 0.6 is 11.8 Å². The smallest absolute Gasteiger partial charge is 0.243 e. The van der Waals surface area contributed by atoms with Crippen LogP contribution in [-0.4, -0.2) is 58.8 Å². The first-order chi connectivity index (χ1) is 15.4. The molecule has 2 heterocycles. The second kappa shape index (κ2) is 9.43. The van der Waals surface area contributed by atoms with Crippen molar-refractivity contribution < 1.29 is 13.2 Å². The van der Waals surface area contributed by atoms with Crippen molar-refractivity contribution in [3.05, 3.63) is 54.6 Å². The molecule has 1 aliphatic heterocycles. The number of amides is 1. The molecule has 3 aromatic rings. The zero-order valence-electron chi connectivity index (χ0n) is 17.9. The number of rotatable bonds is 7. The highest BCUT2D eigenvalue weighted by Gasteiger charge is 2.28. The van der Waals surface area contributed by atoms with Crippen molar-refractivity contribution in [1.29, 1.82) is 0 Å². The quantitative estimate of drug-likeness (QED) is 0.532. The summed E-state index contributed by atoms with van der Waals surface area (Å²) in [5.74, 6) is 0.402. The fourth-order valence-electron chi connectivity index (χ4n) is 3.63. The van der Waals surface area contributed by atoms with Crippen molar-refractivity contribution in [3.8, 4) is 17.1 Å². The number of carbonyl (C=O) groups excluding carboxylic acids is 1. The summed E-state index contributed by atoms with van der Waals surface area (Å²) in [4.78, 5) is 12.3. The number of nitrogens with one attached hydrogen (secondary N) is 1. The van der Waals surface area contributed by atoms with Crippen LogP contribution in [-0.2, 0) is 14.8 Å². The highest BCUT2D eigenvalue weighted by atomic mass is 32.2. The third-order valence-corrected chi connectivity index (χ3v) is 8.28. The number of para-hydroxylation sites is 1. The number of thioether (sulfide) groups is 1. The first-order valence-corrected chi connectivity index (χ1v) is 12.7. The summed E-state index contributed by atoms with van der Waals surface area (Å²) >= 11 is 1.29. The van der Waals surface area contributed by atoms with Crippen molar-refractivity contribution in [1.82, 2.24) is 24.4 Å². The van der Waals surface area contributed by atoms with E-state index in [1.54, 1.807) is 32.2 Å². The molecule has 0 saturated carbocycles.